The maximum Gasteiger partial charge on any atom is 0.217 e. The van der Waals surface area contributed by atoms with Crippen LogP contribution < -0.4 is 11.1 Å². The first-order valence-corrected chi connectivity index (χ1v) is 4.66. The number of nitrogens with two attached hydrogens (primary N) is 1. The molecule has 0 aliphatic rings. The Bertz CT molecular complexity index is 430. The van der Waals surface area contributed by atoms with Crippen molar-refractivity contribution in [3.8, 4) is 0 Å². The summed E-state index contributed by atoms with van der Waals surface area (Å²) in [5, 5.41) is 2.51. The first kappa shape index (κ1) is 12.2. The van der Waals surface area contributed by atoms with Crippen molar-refractivity contribution in [1.82, 2.24) is 5.32 Å². The van der Waals surface area contributed by atoms with Gasteiger partial charge in [0, 0.05) is 25.1 Å². The monoisotopic (exact) mass is 226 g/mol. The zero-order valence-electron chi connectivity index (χ0n) is 8.76. The number of nitrogens with one attached hydrogen (secondary N) is 1. The lowest BCUT2D eigenvalue weighted by Gasteiger charge is -2.02. The average Bonchev–Trinajstić information content (AvgIpc) is 2.19. The van der Waals surface area contributed by atoms with E-state index in [1.54, 1.807) is 6.08 Å². The molecule has 1 rings (SSSR count). The number of carbonyl (C=O) groups excluding carboxylic acids is 1. The largest absolute Gasteiger partial charge is 0.396 e. The molecule has 0 heterocycles. The third-order valence-corrected chi connectivity index (χ3v) is 1.89. The molecular formula is C11H12F2N2O. The summed E-state index contributed by atoms with van der Waals surface area (Å²) in [5.41, 5.74) is 5.56. The fourth-order valence-electron chi connectivity index (χ4n) is 1.13. The Morgan fingerprint density at radius 3 is 2.81 bits per heavy atom. The van der Waals surface area contributed by atoms with Crippen molar-refractivity contribution in [2.75, 3.05) is 12.3 Å². The second-order valence-electron chi connectivity index (χ2n) is 3.23. The highest BCUT2D eigenvalue weighted by Gasteiger charge is 2.05. The van der Waals surface area contributed by atoms with E-state index in [0.29, 0.717) is 0 Å². The van der Waals surface area contributed by atoms with E-state index in [4.69, 9.17) is 5.73 Å². The normalized spacial score (nSPS) is 10.7. The highest BCUT2D eigenvalue weighted by atomic mass is 19.1. The van der Waals surface area contributed by atoms with Crippen LogP contribution in [0, 0.1) is 11.6 Å². The highest BCUT2D eigenvalue weighted by Crippen LogP contribution is 2.19. The molecule has 0 bridgehead atoms. The van der Waals surface area contributed by atoms with E-state index in [1.165, 1.54) is 13.0 Å². The topological polar surface area (TPSA) is 55.1 Å². The van der Waals surface area contributed by atoms with Crippen LogP contribution in [0.25, 0.3) is 6.08 Å². The van der Waals surface area contributed by atoms with Gasteiger partial charge in [-0.1, -0.05) is 12.2 Å². The van der Waals surface area contributed by atoms with Gasteiger partial charge in [-0.15, -0.1) is 0 Å². The summed E-state index contributed by atoms with van der Waals surface area (Å²) >= 11 is 0. The summed E-state index contributed by atoms with van der Waals surface area (Å²) in [6.45, 7) is 1.66. The van der Waals surface area contributed by atoms with E-state index >= 15 is 0 Å². The molecule has 16 heavy (non-hydrogen) atoms. The minimum Gasteiger partial charge on any atom is -0.396 e. The Balaban J connectivity index is 2.77. The molecule has 86 valence electrons. The van der Waals surface area contributed by atoms with E-state index in [2.05, 4.69) is 5.32 Å². The Morgan fingerprint density at radius 2 is 2.19 bits per heavy atom. The van der Waals surface area contributed by atoms with Crippen LogP contribution in [0.15, 0.2) is 18.2 Å². The number of anilines is 1. The molecule has 0 saturated carbocycles. The number of rotatable bonds is 3. The number of nitrogen functional groups attached to an aromatic ring is 1. The Kier molecular flexibility index (Phi) is 3.99. The van der Waals surface area contributed by atoms with Crippen LogP contribution in [-0.2, 0) is 4.79 Å². The molecule has 1 aromatic carbocycles. The summed E-state index contributed by atoms with van der Waals surface area (Å²) in [5.74, 6) is -1.66. The van der Waals surface area contributed by atoms with Crippen molar-refractivity contribution in [3.63, 3.8) is 0 Å². The second kappa shape index (κ2) is 5.25. The smallest absolute Gasteiger partial charge is 0.217 e. The fourth-order valence-corrected chi connectivity index (χ4v) is 1.13. The van der Waals surface area contributed by atoms with Gasteiger partial charge >= 0.3 is 0 Å². The quantitative estimate of drug-likeness (QED) is 0.771. The summed E-state index contributed by atoms with van der Waals surface area (Å²) in [6, 6.07) is 1.85. The molecule has 0 unspecified atom stereocenters. The Labute approximate surface area is 91.9 Å². The van der Waals surface area contributed by atoms with Crippen LogP contribution in [0.1, 0.15) is 12.5 Å². The SMILES string of the molecule is CC(=O)NCC=Cc1cc(F)cc(F)c1N. The number of benzene rings is 1. The zero-order valence-corrected chi connectivity index (χ0v) is 8.76. The Hall–Kier alpha value is -1.91. The fraction of sp³-hybridized carbons (Fsp3) is 0.182. The molecule has 1 aromatic rings. The molecular weight excluding hydrogens is 214 g/mol. The van der Waals surface area contributed by atoms with Gasteiger partial charge in [-0.25, -0.2) is 8.78 Å². The number of halogens is 2. The summed E-state index contributed by atoms with van der Waals surface area (Å²) in [4.78, 5) is 10.5. The number of carbonyl (C=O) groups is 1. The molecule has 0 aromatic heterocycles. The maximum absolute atomic E-state index is 13.0. The third kappa shape index (κ3) is 3.34. The van der Waals surface area contributed by atoms with Crippen LogP contribution >= 0.6 is 0 Å². The lowest BCUT2D eigenvalue weighted by Crippen LogP contribution is -2.19. The minimum atomic E-state index is -0.792. The lowest BCUT2D eigenvalue weighted by atomic mass is 10.1. The van der Waals surface area contributed by atoms with Crippen LogP contribution in [0.5, 0.6) is 0 Å². The van der Waals surface area contributed by atoms with Gasteiger partial charge in [0.15, 0.2) is 0 Å². The van der Waals surface area contributed by atoms with Crippen LogP contribution in [0.4, 0.5) is 14.5 Å². The molecule has 0 atom stereocenters. The van der Waals surface area contributed by atoms with Gasteiger partial charge in [-0.2, -0.15) is 0 Å². The van der Waals surface area contributed by atoms with E-state index in [9.17, 15) is 13.6 Å². The maximum atomic E-state index is 13.0. The molecule has 5 heteroatoms. The van der Waals surface area contributed by atoms with Gasteiger partial charge < -0.3 is 11.1 Å². The van der Waals surface area contributed by atoms with Gasteiger partial charge in [0.1, 0.15) is 11.6 Å². The second-order valence-corrected chi connectivity index (χ2v) is 3.23. The third-order valence-electron chi connectivity index (χ3n) is 1.89. The predicted molar refractivity (Wildman–Crippen MR) is 58.5 cm³/mol. The zero-order chi connectivity index (χ0) is 12.1. The first-order chi connectivity index (χ1) is 7.50. The first-order valence-electron chi connectivity index (χ1n) is 4.66. The average molecular weight is 226 g/mol. The number of hydrogen-bond donors (Lipinski definition) is 2. The van der Waals surface area contributed by atoms with Gasteiger partial charge in [0.2, 0.25) is 5.91 Å². The number of amides is 1. The summed E-state index contributed by atoms with van der Waals surface area (Å²) < 4.78 is 25.9. The van der Waals surface area contributed by atoms with Gasteiger partial charge in [-0.05, 0) is 6.07 Å². The lowest BCUT2D eigenvalue weighted by molar-refractivity contribution is -0.118. The molecule has 0 aliphatic carbocycles. The molecule has 0 aliphatic heterocycles. The van der Waals surface area contributed by atoms with E-state index in [0.717, 1.165) is 12.1 Å². The molecule has 3 nitrogen and oxygen atoms in total. The van der Waals surface area contributed by atoms with E-state index in [-0.39, 0.29) is 23.7 Å². The summed E-state index contributed by atoms with van der Waals surface area (Å²) in [7, 11) is 0. The van der Waals surface area contributed by atoms with Crippen molar-refractivity contribution < 1.29 is 13.6 Å². The molecule has 0 spiro atoms. The van der Waals surface area contributed by atoms with Crippen molar-refractivity contribution in [2.24, 2.45) is 0 Å². The molecule has 0 radical (unpaired) electrons. The van der Waals surface area contributed by atoms with Crippen LogP contribution in [-0.4, -0.2) is 12.5 Å². The van der Waals surface area contributed by atoms with Gasteiger partial charge in [0.05, 0.1) is 5.69 Å². The molecule has 0 fully saturated rings. The molecule has 1 amide bonds. The molecule has 3 N–H and O–H groups in total. The van der Waals surface area contributed by atoms with Crippen LogP contribution in [0.2, 0.25) is 0 Å². The summed E-state index contributed by atoms with van der Waals surface area (Å²) in [6.07, 6.45) is 3.02. The highest BCUT2D eigenvalue weighted by molar-refractivity contribution is 5.73. The predicted octanol–water partition coefficient (Wildman–Crippen LogP) is 1.70. The van der Waals surface area contributed by atoms with Crippen LogP contribution in [0.3, 0.4) is 0 Å². The number of hydrogen-bond acceptors (Lipinski definition) is 2. The van der Waals surface area contributed by atoms with E-state index < -0.39 is 11.6 Å². The Morgan fingerprint density at radius 1 is 1.50 bits per heavy atom. The van der Waals surface area contributed by atoms with Crippen molar-refractivity contribution in [1.29, 1.82) is 0 Å². The standard InChI is InChI=1S/C11H12F2N2O/c1-7(16)15-4-2-3-8-5-9(12)6-10(13)11(8)14/h2-3,5-6H,4,14H2,1H3,(H,15,16). The van der Waals surface area contributed by atoms with Crippen molar-refractivity contribution >= 4 is 17.7 Å². The minimum absolute atomic E-state index is 0.111. The van der Waals surface area contributed by atoms with Crippen molar-refractivity contribution in [3.05, 3.63) is 35.4 Å². The van der Waals surface area contributed by atoms with E-state index in [1.807, 2.05) is 0 Å². The van der Waals surface area contributed by atoms with Gasteiger partial charge in [0.25, 0.3) is 0 Å². The molecule has 0 saturated heterocycles. The van der Waals surface area contributed by atoms with Crippen molar-refractivity contribution in [2.45, 2.75) is 6.92 Å². The van der Waals surface area contributed by atoms with Gasteiger partial charge in [-0.3, -0.25) is 4.79 Å².